The van der Waals surface area contributed by atoms with Gasteiger partial charge in [-0.1, -0.05) is 71.1 Å². The van der Waals surface area contributed by atoms with Crippen molar-refractivity contribution in [2.45, 2.75) is 128 Å². The van der Waals surface area contributed by atoms with E-state index in [0.29, 0.717) is 12.8 Å². The first kappa shape index (κ1) is 34.0. The number of hydrogen-bond acceptors (Lipinski definition) is 7. The first-order valence-electron chi connectivity index (χ1n) is 12.9. The number of aliphatic hydroxyl groups excluding tert-OH is 2. The number of carbonyl (C=O) groups excluding carboxylic acids is 2. The fraction of sp³-hybridized carbons (Fsp3) is 0.923. The summed E-state index contributed by atoms with van der Waals surface area (Å²) in [4.78, 5) is 21.6. The van der Waals surface area contributed by atoms with E-state index in [9.17, 15) is 14.7 Å². The minimum atomic E-state index is -0.115. The van der Waals surface area contributed by atoms with Crippen LogP contribution in [0.25, 0.3) is 0 Å². The average molecular weight is 477 g/mol. The molecule has 0 radical (unpaired) electrons. The molecule has 0 heterocycles. The Labute approximate surface area is 202 Å². The molecule has 0 saturated carbocycles. The van der Waals surface area contributed by atoms with Crippen LogP contribution in [0.5, 0.6) is 0 Å². The van der Waals surface area contributed by atoms with E-state index >= 15 is 0 Å². The lowest BCUT2D eigenvalue weighted by molar-refractivity contribution is -0.141. The van der Waals surface area contributed by atoms with Crippen LogP contribution in [0.2, 0.25) is 0 Å². The third-order valence-electron chi connectivity index (χ3n) is 5.79. The maximum atomic E-state index is 10.8. The minimum Gasteiger partial charge on any atom is -0.469 e. The standard InChI is InChI=1S/C13H26O4.C13H26O3/c1-16-12(11-14)9-7-5-3-4-6-8-10-13(15)17-2;1-3-12(14)10-8-6-4-5-7-9-11-13(15)16-2/h12,14H,3-11H2,1-2H3;12,14H,3-11H2,1-2H3. The SMILES string of the molecule is CCC(O)CCCCCCCCC(=O)OC.COC(=O)CCCCCCCCC(CO)OC. The molecular formula is C26H52O7. The highest BCUT2D eigenvalue weighted by Crippen LogP contribution is 2.12. The Morgan fingerprint density at radius 3 is 1.42 bits per heavy atom. The molecule has 0 saturated heterocycles. The van der Waals surface area contributed by atoms with E-state index < -0.39 is 0 Å². The van der Waals surface area contributed by atoms with Gasteiger partial charge in [0.2, 0.25) is 0 Å². The van der Waals surface area contributed by atoms with E-state index in [1.54, 1.807) is 7.11 Å². The third kappa shape index (κ3) is 26.9. The summed E-state index contributed by atoms with van der Waals surface area (Å²) < 4.78 is 14.2. The van der Waals surface area contributed by atoms with Gasteiger partial charge in [-0.2, -0.15) is 0 Å². The lowest BCUT2D eigenvalue weighted by atomic mass is 10.1. The number of carbonyl (C=O) groups is 2. The van der Waals surface area contributed by atoms with Crippen molar-refractivity contribution >= 4 is 11.9 Å². The van der Waals surface area contributed by atoms with E-state index in [1.807, 2.05) is 6.92 Å². The van der Waals surface area contributed by atoms with Gasteiger partial charge < -0.3 is 24.4 Å². The topological polar surface area (TPSA) is 102 Å². The zero-order valence-corrected chi connectivity index (χ0v) is 21.8. The molecule has 33 heavy (non-hydrogen) atoms. The summed E-state index contributed by atoms with van der Waals surface area (Å²) in [7, 11) is 4.49. The summed E-state index contributed by atoms with van der Waals surface area (Å²) in [6.07, 6.45) is 17.0. The summed E-state index contributed by atoms with van der Waals surface area (Å²) in [5.74, 6) is -0.220. The second-order valence-corrected chi connectivity index (χ2v) is 8.57. The normalized spacial score (nSPS) is 12.4. The van der Waals surface area contributed by atoms with Gasteiger partial charge in [0.15, 0.2) is 0 Å². The zero-order chi connectivity index (χ0) is 25.2. The molecule has 0 aliphatic carbocycles. The van der Waals surface area contributed by atoms with Crippen LogP contribution in [0.1, 0.15) is 116 Å². The van der Waals surface area contributed by atoms with Gasteiger partial charge in [0.25, 0.3) is 0 Å². The van der Waals surface area contributed by atoms with Crippen LogP contribution >= 0.6 is 0 Å². The van der Waals surface area contributed by atoms with Crippen LogP contribution in [0.3, 0.4) is 0 Å². The molecule has 0 aromatic carbocycles. The third-order valence-corrected chi connectivity index (χ3v) is 5.79. The summed E-state index contributed by atoms with van der Waals surface area (Å²) in [6.45, 7) is 2.12. The maximum absolute atomic E-state index is 10.8. The summed E-state index contributed by atoms with van der Waals surface area (Å²) in [5, 5.41) is 18.2. The van der Waals surface area contributed by atoms with Crippen LogP contribution in [-0.2, 0) is 23.8 Å². The minimum absolute atomic E-state index is 0.00526. The summed E-state index contributed by atoms with van der Waals surface area (Å²) in [6, 6.07) is 0. The first-order valence-corrected chi connectivity index (χ1v) is 12.9. The summed E-state index contributed by atoms with van der Waals surface area (Å²) >= 11 is 0. The molecule has 2 atom stereocenters. The molecule has 0 bridgehead atoms. The van der Waals surface area contributed by atoms with Crippen molar-refractivity contribution in [3.63, 3.8) is 0 Å². The molecule has 0 aromatic rings. The van der Waals surface area contributed by atoms with Gasteiger partial charge in [-0.15, -0.1) is 0 Å². The number of hydrogen-bond donors (Lipinski definition) is 2. The van der Waals surface area contributed by atoms with Crippen molar-refractivity contribution in [2.75, 3.05) is 27.9 Å². The molecule has 7 nitrogen and oxygen atoms in total. The lowest BCUT2D eigenvalue weighted by Crippen LogP contribution is -2.14. The maximum Gasteiger partial charge on any atom is 0.305 e. The van der Waals surface area contributed by atoms with Crippen molar-refractivity contribution < 1.29 is 34.0 Å². The molecule has 0 fully saturated rings. The Bertz CT molecular complexity index is 425. The number of ether oxygens (including phenoxy) is 3. The van der Waals surface area contributed by atoms with E-state index in [2.05, 4.69) is 9.47 Å². The highest BCUT2D eigenvalue weighted by atomic mass is 16.5. The fourth-order valence-corrected chi connectivity index (χ4v) is 3.40. The Morgan fingerprint density at radius 2 is 1.06 bits per heavy atom. The molecule has 7 heteroatoms. The van der Waals surface area contributed by atoms with Crippen LogP contribution in [0.4, 0.5) is 0 Å². The average Bonchev–Trinajstić information content (AvgIpc) is 2.84. The molecule has 2 unspecified atom stereocenters. The van der Waals surface area contributed by atoms with E-state index in [-0.39, 0.29) is 30.8 Å². The first-order chi connectivity index (χ1) is 15.9. The Hall–Kier alpha value is -1.18. The largest absolute Gasteiger partial charge is 0.469 e. The molecule has 0 amide bonds. The number of aliphatic hydroxyl groups is 2. The molecule has 198 valence electrons. The predicted molar refractivity (Wildman–Crippen MR) is 132 cm³/mol. The van der Waals surface area contributed by atoms with Gasteiger partial charge in [0, 0.05) is 20.0 Å². The van der Waals surface area contributed by atoms with Crippen molar-refractivity contribution in [1.29, 1.82) is 0 Å². The van der Waals surface area contributed by atoms with Gasteiger partial charge in [-0.3, -0.25) is 9.59 Å². The van der Waals surface area contributed by atoms with Gasteiger partial charge >= 0.3 is 11.9 Å². The summed E-state index contributed by atoms with van der Waals surface area (Å²) in [5.41, 5.74) is 0. The van der Waals surface area contributed by atoms with Crippen LogP contribution in [0, 0.1) is 0 Å². The van der Waals surface area contributed by atoms with Gasteiger partial charge in [0.05, 0.1) is 33.0 Å². The molecular weight excluding hydrogens is 424 g/mol. The molecule has 2 N–H and O–H groups in total. The molecule has 0 rings (SSSR count). The number of esters is 2. The fourth-order valence-electron chi connectivity index (χ4n) is 3.40. The number of rotatable bonds is 21. The van der Waals surface area contributed by atoms with Crippen molar-refractivity contribution in [3.05, 3.63) is 0 Å². The van der Waals surface area contributed by atoms with Gasteiger partial charge in [0.1, 0.15) is 0 Å². The van der Waals surface area contributed by atoms with Crippen LogP contribution < -0.4 is 0 Å². The van der Waals surface area contributed by atoms with Crippen molar-refractivity contribution in [3.8, 4) is 0 Å². The van der Waals surface area contributed by atoms with E-state index in [4.69, 9.17) is 9.84 Å². The molecule has 0 aromatic heterocycles. The number of unbranched alkanes of at least 4 members (excludes halogenated alkanes) is 10. The Kier molecular flexibility index (Phi) is 27.9. The second kappa shape index (κ2) is 27.1. The van der Waals surface area contributed by atoms with Gasteiger partial charge in [-0.25, -0.2) is 0 Å². The van der Waals surface area contributed by atoms with Crippen molar-refractivity contribution in [1.82, 2.24) is 0 Å². The quantitative estimate of drug-likeness (QED) is 0.170. The van der Waals surface area contributed by atoms with Crippen molar-refractivity contribution in [2.24, 2.45) is 0 Å². The zero-order valence-electron chi connectivity index (χ0n) is 21.8. The molecule has 0 aliphatic heterocycles. The lowest BCUT2D eigenvalue weighted by Gasteiger charge is -2.11. The predicted octanol–water partition coefficient (Wildman–Crippen LogP) is 5.34. The molecule has 0 spiro atoms. The van der Waals surface area contributed by atoms with E-state index in [0.717, 1.165) is 70.6 Å². The Balaban J connectivity index is 0. The molecule has 0 aliphatic rings. The monoisotopic (exact) mass is 476 g/mol. The smallest absolute Gasteiger partial charge is 0.305 e. The van der Waals surface area contributed by atoms with E-state index in [1.165, 1.54) is 39.9 Å². The highest BCUT2D eigenvalue weighted by molar-refractivity contribution is 5.69. The van der Waals surface area contributed by atoms with Crippen LogP contribution in [0.15, 0.2) is 0 Å². The Morgan fingerprint density at radius 1 is 0.667 bits per heavy atom. The highest BCUT2D eigenvalue weighted by Gasteiger charge is 2.04. The van der Waals surface area contributed by atoms with Gasteiger partial charge in [-0.05, 0) is 32.1 Å². The second-order valence-electron chi connectivity index (χ2n) is 8.57. The van der Waals surface area contributed by atoms with Crippen LogP contribution in [-0.4, -0.2) is 62.3 Å². The number of methoxy groups -OCH3 is 3.